The molecule has 0 saturated carbocycles. The fourth-order valence-electron chi connectivity index (χ4n) is 3.54. The molecule has 3 aromatic rings. The summed E-state index contributed by atoms with van der Waals surface area (Å²) in [5.41, 5.74) is 1.77. The van der Waals surface area contributed by atoms with Crippen LogP contribution in [0.4, 0.5) is 0 Å². The van der Waals surface area contributed by atoms with Gasteiger partial charge in [-0.05, 0) is 42.3 Å². The first-order valence-electron chi connectivity index (χ1n) is 9.75. The van der Waals surface area contributed by atoms with Crippen LogP contribution >= 0.6 is 11.3 Å². The van der Waals surface area contributed by atoms with E-state index >= 15 is 0 Å². The summed E-state index contributed by atoms with van der Waals surface area (Å²) in [4.78, 5) is 27.9. The van der Waals surface area contributed by atoms with E-state index in [1.54, 1.807) is 15.8 Å². The number of esters is 1. The Morgan fingerprint density at radius 1 is 1.21 bits per heavy atom. The summed E-state index contributed by atoms with van der Waals surface area (Å²) in [5, 5.41) is 6.54. The molecule has 1 aromatic carbocycles. The number of benzene rings is 1. The Labute approximate surface area is 173 Å². The predicted octanol–water partition coefficient (Wildman–Crippen LogP) is 4.02. The molecule has 6 nitrogen and oxygen atoms in total. The minimum absolute atomic E-state index is 0.141. The smallest absolute Gasteiger partial charge is 0.342 e. The quantitative estimate of drug-likeness (QED) is 0.597. The van der Waals surface area contributed by atoms with Gasteiger partial charge in [0, 0.05) is 19.3 Å². The largest absolute Gasteiger partial charge is 0.452 e. The van der Waals surface area contributed by atoms with Gasteiger partial charge in [-0.3, -0.25) is 4.79 Å². The molecule has 1 fully saturated rings. The van der Waals surface area contributed by atoms with Gasteiger partial charge in [-0.15, -0.1) is 11.3 Å². The number of rotatable bonds is 5. The average Bonchev–Trinajstić information content (AvgIpc) is 3.42. The minimum atomic E-state index is -0.533. The van der Waals surface area contributed by atoms with Gasteiger partial charge < -0.3 is 9.64 Å². The molecule has 4 rings (SSSR count). The molecular formula is C22H23N3O3S. The molecule has 0 N–H and O–H groups in total. The van der Waals surface area contributed by atoms with Gasteiger partial charge in [0.05, 0.1) is 10.6 Å². The van der Waals surface area contributed by atoms with E-state index in [-0.39, 0.29) is 12.5 Å². The van der Waals surface area contributed by atoms with Gasteiger partial charge >= 0.3 is 5.97 Å². The highest BCUT2D eigenvalue weighted by Crippen LogP contribution is 2.28. The molecule has 0 radical (unpaired) electrons. The molecule has 7 heteroatoms. The van der Waals surface area contributed by atoms with Crippen molar-refractivity contribution < 1.29 is 14.3 Å². The maximum atomic E-state index is 12.8. The molecule has 2 aromatic heterocycles. The summed E-state index contributed by atoms with van der Waals surface area (Å²) in [6.45, 7) is 3.35. The van der Waals surface area contributed by atoms with Crippen LogP contribution in [0, 0.1) is 5.92 Å². The second kappa shape index (κ2) is 8.61. The van der Waals surface area contributed by atoms with Crippen molar-refractivity contribution in [1.82, 2.24) is 14.7 Å². The van der Waals surface area contributed by atoms with Crippen molar-refractivity contribution in [3.05, 3.63) is 59.6 Å². The Hall–Kier alpha value is -2.93. The van der Waals surface area contributed by atoms with Crippen LogP contribution < -0.4 is 0 Å². The van der Waals surface area contributed by atoms with Crippen LogP contribution in [0.2, 0.25) is 0 Å². The molecule has 1 atom stereocenters. The number of thiophene rings is 1. The van der Waals surface area contributed by atoms with Crippen LogP contribution in [0.25, 0.3) is 16.3 Å². The first kappa shape index (κ1) is 19.4. The summed E-state index contributed by atoms with van der Waals surface area (Å²) in [6.07, 6.45) is 3.79. The van der Waals surface area contributed by atoms with Crippen LogP contribution in [0.3, 0.4) is 0 Å². The topological polar surface area (TPSA) is 64.4 Å². The van der Waals surface area contributed by atoms with Gasteiger partial charge in [0.25, 0.3) is 5.91 Å². The third-order valence-corrected chi connectivity index (χ3v) is 5.92. The van der Waals surface area contributed by atoms with Gasteiger partial charge in [-0.2, -0.15) is 5.10 Å². The van der Waals surface area contributed by atoms with Gasteiger partial charge in [0.1, 0.15) is 11.3 Å². The zero-order chi connectivity index (χ0) is 20.2. The van der Waals surface area contributed by atoms with E-state index in [0.717, 1.165) is 36.5 Å². The van der Waals surface area contributed by atoms with Crippen LogP contribution in [0.1, 0.15) is 30.1 Å². The van der Waals surface area contributed by atoms with Crippen molar-refractivity contribution in [3.63, 3.8) is 0 Å². The molecular weight excluding hydrogens is 386 g/mol. The van der Waals surface area contributed by atoms with E-state index in [9.17, 15) is 9.59 Å². The number of nitrogens with zero attached hydrogens (tertiary/aromatic N) is 3. The molecule has 0 aliphatic carbocycles. The molecule has 0 unspecified atom stereocenters. The summed E-state index contributed by atoms with van der Waals surface area (Å²) in [6, 6.07) is 13.4. The summed E-state index contributed by atoms with van der Waals surface area (Å²) in [7, 11) is 0. The number of para-hydroxylation sites is 1. The van der Waals surface area contributed by atoms with E-state index in [0.29, 0.717) is 17.2 Å². The van der Waals surface area contributed by atoms with Crippen molar-refractivity contribution in [1.29, 1.82) is 0 Å². The van der Waals surface area contributed by atoms with Crippen molar-refractivity contribution >= 4 is 23.2 Å². The monoisotopic (exact) mass is 409 g/mol. The Balaban J connectivity index is 1.53. The zero-order valence-corrected chi connectivity index (χ0v) is 17.1. The number of ether oxygens (including phenoxy) is 1. The molecule has 1 aliphatic rings. The molecule has 0 spiro atoms. The second-order valence-corrected chi connectivity index (χ2v) is 8.26. The zero-order valence-electron chi connectivity index (χ0n) is 16.3. The van der Waals surface area contributed by atoms with Crippen LogP contribution in [-0.2, 0) is 9.53 Å². The molecule has 3 heterocycles. The molecule has 1 aliphatic heterocycles. The molecule has 29 heavy (non-hydrogen) atoms. The van der Waals surface area contributed by atoms with E-state index in [1.165, 1.54) is 11.3 Å². The predicted molar refractivity (Wildman–Crippen MR) is 112 cm³/mol. The number of likely N-dealkylation sites (tertiary alicyclic amines) is 1. The maximum absolute atomic E-state index is 12.8. The number of carbonyl (C=O) groups excluding carboxylic acids is 2. The van der Waals surface area contributed by atoms with Crippen molar-refractivity contribution in [2.45, 2.75) is 19.8 Å². The molecule has 1 saturated heterocycles. The first-order chi connectivity index (χ1) is 14.1. The molecule has 1 amide bonds. The fraction of sp³-hybridized carbons (Fsp3) is 0.318. The average molecular weight is 410 g/mol. The van der Waals surface area contributed by atoms with Gasteiger partial charge in [-0.1, -0.05) is 31.2 Å². The number of carbonyl (C=O) groups is 2. The number of hydrogen-bond donors (Lipinski definition) is 0. The fourth-order valence-corrected chi connectivity index (χ4v) is 4.27. The third-order valence-electron chi connectivity index (χ3n) is 5.05. The number of aromatic nitrogens is 2. The Morgan fingerprint density at radius 2 is 2.03 bits per heavy atom. The van der Waals surface area contributed by atoms with Crippen molar-refractivity contribution in [2.24, 2.45) is 5.92 Å². The Morgan fingerprint density at radius 3 is 2.76 bits per heavy atom. The molecule has 0 bridgehead atoms. The summed E-state index contributed by atoms with van der Waals surface area (Å²) >= 11 is 1.50. The lowest BCUT2D eigenvalue weighted by atomic mass is 10.0. The van der Waals surface area contributed by atoms with E-state index in [2.05, 4.69) is 12.0 Å². The number of piperidine rings is 1. The number of amides is 1. The van der Waals surface area contributed by atoms with Crippen LogP contribution in [0.5, 0.6) is 0 Å². The van der Waals surface area contributed by atoms with Gasteiger partial charge in [0.2, 0.25) is 0 Å². The van der Waals surface area contributed by atoms with Crippen LogP contribution in [0.15, 0.2) is 54.0 Å². The highest BCUT2D eigenvalue weighted by atomic mass is 32.1. The summed E-state index contributed by atoms with van der Waals surface area (Å²) < 4.78 is 7.05. The third kappa shape index (κ3) is 4.40. The molecule has 150 valence electrons. The highest BCUT2D eigenvalue weighted by Gasteiger charge is 2.24. The first-order valence-corrected chi connectivity index (χ1v) is 10.6. The lowest BCUT2D eigenvalue weighted by Gasteiger charge is -2.30. The van der Waals surface area contributed by atoms with E-state index in [4.69, 9.17) is 4.74 Å². The Bertz CT molecular complexity index is 982. The highest BCUT2D eigenvalue weighted by molar-refractivity contribution is 7.13. The van der Waals surface area contributed by atoms with E-state index in [1.807, 2.05) is 47.8 Å². The van der Waals surface area contributed by atoms with E-state index < -0.39 is 5.97 Å². The Kier molecular flexibility index (Phi) is 5.76. The van der Waals surface area contributed by atoms with Gasteiger partial charge in [-0.25, -0.2) is 9.48 Å². The standard InChI is InChI=1S/C22H23N3O3S/c1-16-7-5-11-24(13-16)20(26)15-28-22(27)18-14-25(17-8-3-2-4-9-17)23-21(18)19-10-6-12-29-19/h2-4,6,8-10,12,14,16H,5,7,11,13,15H2,1H3/t16-/m1/s1. The normalized spacial score (nSPS) is 16.6. The van der Waals surface area contributed by atoms with Crippen molar-refractivity contribution in [2.75, 3.05) is 19.7 Å². The lowest BCUT2D eigenvalue weighted by Crippen LogP contribution is -2.41. The van der Waals surface area contributed by atoms with Crippen molar-refractivity contribution in [3.8, 4) is 16.3 Å². The number of hydrogen-bond acceptors (Lipinski definition) is 5. The lowest BCUT2D eigenvalue weighted by molar-refractivity contribution is -0.136. The minimum Gasteiger partial charge on any atom is -0.452 e. The maximum Gasteiger partial charge on any atom is 0.342 e. The van der Waals surface area contributed by atoms with Crippen LogP contribution in [-0.4, -0.2) is 46.3 Å². The van der Waals surface area contributed by atoms with Gasteiger partial charge in [0.15, 0.2) is 6.61 Å². The second-order valence-electron chi connectivity index (χ2n) is 7.31. The SMILES string of the molecule is C[C@@H]1CCCN(C(=O)COC(=O)c2cn(-c3ccccc3)nc2-c2cccs2)C1. The summed E-state index contributed by atoms with van der Waals surface area (Å²) in [5.74, 6) is -0.190.